The minimum atomic E-state index is -0.455. The van der Waals surface area contributed by atoms with Crippen LogP contribution in [-0.4, -0.2) is 42.5 Å². The number of carbonyl (C=O) groups is 1. The lowest BCUT2D eigenvalue weighted by molar-refractivity contribution is 0.239. The standard InChI is InChI=1S/C20H19N7O2/c1-13(11-28)27-12-22-26-19(27)16-7-4-8-17(23-16)24-20(29)25-18-15-6-3-2-5-14(15)9-10-21-18/h2-10,12-13,28H,11H2,1H3,(H2,21,23,24,25,29)/t13-/m1/s1. The molecule has 3 aromatic heterocycles. The number of anilines is 2. The van der Waals surface area contributed by atoms with Crippen molar-refractivity contribution in [3.63, 3.8) is 0 Å². The van der Waals surface area contributed by atoms with Gasteiger partial charge in [0.05, 0.1) is 12.6 Å². The van der Waals surface area contributed by atoms with Gasteiger partial charge in [0, 0.05) is 11.6 Å². The van der Waals surface area contributed by atoms with Crippen LogP contribution in [0.2, 0.25) is 0 Å². The Hall–Kier alpha value is -3.85. The maximum Gasteiger partial charge on any atom is 0.326 e. The van der Waals surface area contributed by atoms with Crippen molar-refractivity contribution in [1.29, 1.82) is 0 Å². The van der Waals surface area contributed by atoms with Gasteiger partial charge in [0.25, 0.3) is 0 Å². The summed E-state index contributed by atoms with van der Waals surface area (Å²) in [5, 5.41) is 24.7. The highest BCUT2D eigenvalue weighted by atomic mass is 16.3. The molecule has 4 aromatic rings. The second-order valence-electron chi connectivity index (χ2n) is 6.46. The number of benzene rings is 1. The molecule has 29 heavy (non-hydrogen) atoms. The molecule has 0 unspecified atom stereocenters. The molecular weight excluding hydrogens is 370 g/mol. The monoisotopic (exact) mass is 389 g/mol. The van der Waals surface area contributed by atoms with Gasteiger partial charge in [-0.3, -0.25) is 10.6 Å². The van der Waals surface area contributed by atoms with Crippen molar-refractivity contribution < 1.29 is 9.90 Å². The smallest absolute Gasteiger partial charge is 0.326 e. The fourth-order valence-corrected chi connectivity index (χ4v) is 2.94. The lowest BCUT2D eigenvalue weighted by Crippen LogP contribution is -2.21. The maximum absolute atomic E-state index is 12.5. The second-order valence-corrected chi connectivity index (χ2v) is 6.46. The van der Waals surface area contributed by atoms with Crippen molar-refractivity contribution in [1.82, 2.24) is 24.7 Å². The molecule has 2 amide bonds. The summed E-state index contributed by atoms with van der Waals surface area (Å²) in [6.07, 6.45) is 3.18. The number of carbonyl (C=O) groups excluding carboxylic acids is 1. The van der Waals surface area contributed by atoms with Gasteiger partial charge in [-0.15, -0.1) is 10.2 Å². The number of amides is 2. The Morgan fingerprint density at radius 1 is 1.14 bits per heavy atom. The van der Waals surface area contributed by atoms with Crippen LogP contribution in [0.4, 0.5) is 16.4 Å². The minimum Gasteiger partial charge on any atom is -0.394 e. The number of aliphatic hydroxyl groups excluding tert-OH is 1. The zero-order valence-electron chi connectivity index (χ0n) is 15.6. The first-order chi connectivity index (χ1) is 14.2. The van der Waals surface area contributed by atoms with Crippen LogP contribution in [0.3, 0.4) is 0 Å². The summed E-state index contributed by atoms with van der Waals surface area (Å²) in [5.41, 5.74) is 0.531. The van der Waals surface area contributed by atoms with Crippen molar-refractivity contribution in [3.05, 3.63) is 61.1 Å². The molecule has 0 aliphatic rings. The topological polar surface area (TPSA) is 118 Å². The predicted molar refractivity (Wildman–Crippen MR) is 109 cm³/mol. The fourth-order valence-electron chi connectivity index (χ4n) is 2.94. The first-order valence-electron chi connectivity index (χ1n) is 9.05. The summed E-state index contributed by atoms with van der Waals surface area (Å²) in [5.74, 6) is 1.33. The van der Waals surface area contributed by atoms with E-state index in [9.17, 15) is 9.90 Å². The number of hydrogen-bond acceptors (Lipinski definition) is 6. The number of urea groups is 1. The van der Waals surface area contributed by atoms with Gasteiger partial charge >= 0.3 is 6.03 Å². The van der Waals surface area contributed by atoms with Crippen molar-refractivity contribution >= 4 is 28.4 Å². The molecule has 1 atom stereocenters. The molecule has 0 aliphatic carbocycles. The van der Waals surface area contributed by atoms with Crippen LogP contribution in [0.5, 0.6) is 0 Å². The molecule has 9 nitrogen and oxygen atoms in total. The van der Waals surface area contributed by atoms with E-state index < -0.39 is 6.03 Å². The first-order valence-corrected chi connectivity index (χ1v) is 9.05. The lowest BCUT2D eigenvalue weighted by atomic mass is 10.1. The number of rotatable bonds is 5. The van der Waals surface area contributed by atoms with Gasteiger partial charge in [0.2, 0.25) is 0 Å². The molecule has 3 heterocycles. The van der Waals surface area contributed by atoms with E-state index in [1.165, 1.54) is 6.33 Å². The molecule has 0 saturated carbocycles. The van der Waals surface area contributed by atoms with Gasteiger partial charge in [-0.1, -0.05) is 30.3 Å². The highest BCUT2D eigenvalue weighted by molar-refractivity contribution is 6.04. The van der Waals surface area contributed by atoms with E-state index in [0.29, 0.717) is 23.2 Å². The van der Waals surface area contributed by atoms with Crippen LogP contribution in [0, 0.1) is 0 Å². The predicted octanol–water partition coefficient (Wildman–Crippen LogP) is 3.09. The number of aliphatic hydroxyl groups is 1. The van der Waals surface area contributed by atoms with Crippen LogP contribution in [0.25, 0.3) is 22.3 Å². The van der Waals surface area contributed by atoms with E-state index in [-0.39, 0.29) is 12.6 Å². The van der Waals surface area contributed by atoms with Gasteiger partial charge in [0.1, 0.15) is 23.7 Å². The van der Waals surface area contributed by atoms with Crippen LogP contribution >= 0.6 is 0 Å². The molecule has 0 saturated heterocycles. The molecule has 0 bridgehead atoms. The quantitative estimate of drug-likeness (QED) is 0.483. The average molecular weight is 389 g/mol. The van der Waals surface area contributed by atoms with Gasteiger partial charge in [-0.05, 0) is 30.5 Å². The summed E-state index contributed by atoms with van der Waals surface area (Å²) in [4.78, 5) is 21.2. The Bertz CT molecular complexity index is 1150. The molecule has 3 N–H and O–H groups in total. The van der Waals surface area contributed by atoms with E-state index in [0.717, 1.165) is 10.8 Å². The molecule has 146 valence electrons. The second kappa shape index (κ2) is 8.03. The Labute approximate surface area is 166 Å². The van der Waals surface area contributed by atoms with E-state index in [1.807, 2.05) is 37.3 Å². The summed E-state index contributed by atoms with van der Waals surface area (Å²) in [6.45, 7) is 1.79. The average Bonchev–Trinajstić information content (AvgIpc) is 3.23. The summed E-state index contributed by atoms with van der Waals surface area (Å²) < 4.78 is 1.73. The third-order valence-corrected chi connectivity index (χ3v) is 4.44. The summed E-state index contributed by atoms with van der Waals surface area (Å²) in [6, 6.07) is 14.1. The van der Waals surface area contributed by atoms with Crippen molar-refractivity contribution in [2.45, 2.75) is 13.0 Å². The van der Waals surface area contributed by atoms with Crippen LogP contribution < -0.4 is 10.6 Å². The number of pyridine rings is 2. The molecule has 1 aromatic carbocycles. The zero-order chi connectivity index (χ0) is 20.2. The van der Waals surface area contributed by atoms with Gasteiger partial charge < -0.3 is 9.67 Å². The normalized spacial score (nSPS) is 11.9. The first kappa shape index (κ1) is 18.5. The number of aromatic nitrogens is 5. The SMILES string of the molecule is C[C@H](CO)n1cnnc1-c1cccc(NC(=O)Nc2nccc3ccccc23)n1. The molecule has 0 aliphatic heterocycles. The van der Waals surface area contributed by atoms with E-state index in [2.05, 4.69) is 30.8 Å². The molecule has 4 rings (SSSR count). The number of nitrogens with one attached hydrogen (secondary N) is 2. The van der Waals surface area contributed by atoms with Crippen LogP contribution in [0.15, 0.2) is 61.1 Å². The van der Waals surface area contributed by atoms with Crippen molar-refractivity contribution in [3.8, 4) is 11.5 Å². The minimum absolute atomic E-state index is 0.0522. The third kappa shape index (κ3) is 3.90. The zero-order valence-corrected chi connectivity index (χ0v) is 15.6. The van der Waals surface area contributed by atoms with E-state index in [4.69, 9.17) is 0 Å². The highest BCUT2D eigenvalue weighted by Crippen LogP contribution is 2.22. The Morgan fingerprint density at radius 3 is 2.86 bits per heavy atom. The highest BCUT2D eigenvalue weighted by Gasteiger charge is 2.14. The lowest BCUT2D eigenvalue weighted by Gasteiger charge is -2.13. The summed E-state index contributed by atoms with van der Waals surface area (Å²) >= 11 is 0. The van der Waals surface area contributed by atoms with Crippen LogP contribution in [0.1, 0.15) is 13.0 Å². The molecule has 0 radical (unpaired) electrons. The maximum atomic E-state index is 12.5. The van der Waals surface area contributed by atoms with Crippen molar-refractivity contribution in [2.24, 2.45) is 0 Å². The number of nitrogens with zero attached hydrogens (tertiary/aromatic N) is 5. The molecule has 0 spiro atoms. The van der Waals surface area contributed by atoms with E-state index >= 15 is 0 Å². The number of hydrogen-bond donors (Lipinski definition) is 3. The Morgan fingerprint density at radius 2 is 2.00 bits per heavy atom. The van der Waals surface area contributed by atoms with Crippen molar-refractivity contribution in [2.75, 3.05) is 17.2 Å². The fraction of sp³-hybridized carbons (Fsp3) is 0.150. The third-order valence-electron chi connectivity index (χ3n) is 4.44. The largest absolute Gasteiger partial charge is 0.394 e. The summed E-state index contributed by atoms with van der Waals surface area (Å²) in [7, 11) is 0. The van der Waals surface area contributed by atoms with Gasteiger partial charge in [0.15, 0.2) is 5.82 Å². The van der Waals surface area contributed by atoms with Gasteiger partial charge in [-0.25, -0.2) is 14.8 Å². The van der Waals surface area contributed by atoms with Crippen LogP contribution in [-0.2, 0) is 0 Å². The number of fused-ring (bicyclic) bond motifs is 1. The molecule has 9 heteroatoms. The molecule has 0 fully saturated rings. The Kier molecular flexibility index (Phi) is 5.12. The molecular formula is C20H19N7O2. The Balaban J connectivity index is 1.54. The van der Waals surface area contributed by atoms with E-state index in [1.54, 1.807) is 29.0 Å². The van der Waals surface area contributed by atoms with Gasteiger partial charge in [-0.2, -0.15) is 0 Å².